The molecule has 0 aliphatic heterocycles. The number of hydrogen-bond acceptors (Lipinski definition) is 2. The van der Waals surface area contributed by atoms with Gasteiger partial charge < -0.3 is 4.79 Å². The van der Waals surface area contributed by atoms with E-state index in [0.29, 0.717) is 5.57 Å². The van der Waals surface area contributed by atoms with Crippen LogP contribution in [0.1, 0.15) is 12.6 Å². The summed E-state index contributed by atoms with van der Waals surface area (Å²) in [6.07, 6.45) is 1.58. The maximum Gasteiger partial charge on any atom is 0.271 e. The van der Waals surface area contributed by atoms with Gasteiger partial charge in [-0.1, -0.05) is 25.1 Å². The van der Waals surface area contributed by atoms with Crippen molar-refractivity contribution in [3.63, 3.8) is 0 Å². The smallest absolute Gasteiger partial charge is 0.271 e. The Bertz CT molecular complexity index is 627. The van der Waals surface area contributed by atoms with Gasteiger partial charge in [0.1, 0.15) is 0 Å². The second-order valence-electron chi connectivity index (χ2n) is 4.18. The van der Waals surface area contributed by atoms with E-state index in [-0.39, 0.29) is 45.5 Å². The van der Waals surface area contributed by atoms with E-state index in [0.717, 1.165) is 11.4 Å². The van der Waals surface area contributed by atoms with Crippen molar-refractivity contribution in [1.82, 2.24) is 9.36 Å². The van der Waals surface area contributed by atoms with Gasteiger partial charge in [-0.05, 0) is 25.3 Å². The van der Waals surface area contributed by atoms with Crippen LogP contribution < -0.4 is 5.56 Å². The number of rotatable bonds is 2. The minimum absolute atomic E-state index is 0. The van der Waals surface area contributed by atoms with Gasteiger partial charge in [0.25, 0.3) is 5.56 Å². The zero-order valence-corrected chi connectivity index (χ0v) is 14.0. The van der Waals surface area contributed by atoms with Crippen molar-refractivity contribution in [2.24, 2.45) is 7.05 Å². The molecular formula is C15H17GdN2O2-. The van der Waals surface area contributed by atoms with Crippen LogP contribution in [0.3, 0.4) is 0 Å². The Balaban J connectivity index is 0.000000526. The molecule has 5 heteroatoms. The Morgan fingerprint density at radius 1 is 1.25 bits per heavy atom. The first-order chi connectivity index (χ1) is 8.97. The first-order valence-corrected chi connectivity index (χ1v) is 5.82. The second-order valence-corrected chi connectivity index (χ2v) is 4.18. The van der Waals surface area contributed by atoms with E-state index in [4.69, 9.17) is 0 Å². The number of aromatic nitrogens is 2. The molecule has 2 rings (SSSR count). The maximum absolute atomic E-state index is 11.6. The minimum Gasteiger partial charge on any atom is -0.419 e. The third kappa shape index (κ3) is 5.15. The molecule has 1 heterocycles. The monoisotopic (exact) mass is 415 g/mol. The van der Waals surface area contributed by atoms with Gasteiger partial charge >= 0.3 is 0 Å². The van der Waals surface area contributed by atoms with Gasteiger partial charge in [0, 0.05) is 58.7 Å². The standard InChI is InChI=1S/C11H12N2O.C4H5O.Gd/c1-9-8-11(14)13(12(9)2)10-6-4-3-5-7-10;1-4(2)3-5;/h3-8H,1-2H3;1H2,2H3;/q;-1;. The van der Waals surface area contributed by atoms with Gasteiger partial charge in [-0.15, -0.1) is 0 Å². The predicted octanol–water partition coefficient (Wildman–Crippen LogP) is 2.16. The average molecular weight is 415 g/mol. The van der Waals surface area contributed by atoms with Crippen molar-refractivity contribution in [2.45, 2.75) is 13.8 Å². The zero-order valence-electron chi connectivity index (χ0n) is 11.7. The summed E-state index contributed by atoms with van der Waals surface area (Å²) in [5.41, 5.74) is 2.31. The van der Waals surface area contributed by atoms with Crippen molar-refractivity contribution in [1.29, 1.82) is 0 Å². The fourth-order valence-electron chi connectivity index (χ4n) is 1.51. The number of para-hydroxylation sites is 1. The third-order valence-corrected chi connectivity index (χ3v) is 2.53. The molecule has 0 aliphatic rings. The molecule has 0 saturated carbocycles. The number of allylic oxidation sites excluding steroid dienone is 1. The summed E-state index contributed by atoms with van der Waals surface area (Å²) in [5, 5.41) is 0. The van der Waals surface area contributed by atoms with E-state index >= 15 is 0 Å². The molecule has 1 aromatic heterocycles. The first kappa shape index (κ1) is 19.0. The molecule has 0 fully saturated rings. The van der Waals surface area contributed by atoms with Crippen LogP contribution in [-0.2, 0) is 11.8 Å². The number of nitrogens with zero attached hydrogens (tertiary/aromatic N) is 2. The van der Waals surface area contributed by atoms with Crippen molar-refractivity contribution < 1.29 is 44.7 Å². The molecule has 0 amide bonds. The Hall–Kier alpha value is -1.04. The third-order valence-electron chi connectivity index (χ3n) is 2.53. The molecule has 0 N–H and O–H groups in total. The van der Waals surface area contributed by atoms with Gasteiger partial charge in [0.05, 0.1) is 5.69 Å². The molecule has 0 saturated heterocycles. The van der Waals surface area contributed by atoms with Crippen LogP contribution in [0, 0.1) is 46.9 Å². The van der Waals surface area contributed by atoms with E-state index < -0.39 is 0 Å². The SMILES string of the molecule is C=C(C)[C-]=O.Cc1cc(=O)n(-c2ccccc2)n1C.[Gd]. The Labute approximate surface area is 150 Å². The van der Waals surface area contributed by atoms with Crippen LogP contribution in [0.5, 0.6) is 0 Å². The van der Waals surface area contributed by atoms with Crippen LogP contribution in [0.25, 0.3) is 5.69 Å². The van der Waals surface area contributed by atoms with E-state index in [2.05, 4.69) is 6.58 Å². The fraction of sp³-hybridized carbons (Fsp3) is 0.200. The molecular weight excluding hydrogens is 397 g/mol. The Morgan fingerprint density at radius 2 is 1.75 bits per heavy atom. The molecule has 0 atom stereocenters. The van der Waals surface area contributed by atoms with Crippen LogP contribution in [-0.4, -0.2) is 15.6 Å². The van der Waals surface area contributed by atoms with Gasteiger partial charge in [0.15, 0.2) is 0 Å². The van der Waals surface area contributed by atoms with Crippen molar-refractivity contribution in [2.75, 3.05) is 0 Å². The first-order valence-electron chi connectivity index (χ1n) is 5.82. The molecule has 0 bridgehead atoms. The second kappa shape index (κ2) is 9.00. The van der Waals surface area contributed by atoms with Crippen molar-refractivity contribution >= 4 is 6.29 Å². The van der Waals surface area contributed by atoms with Gasteiger partial charge in [-0.3, -0.25) is 9.48 Å². The molecule has 0 unspecified atom stereocenters. The van der Waals surface area contributed by atoms with Crippen molar-refractivity contribution in [3.8, 4) is 5.69 Å². The molecule has 2 aromatic rings. The molecule has 0 aliphatic carbocycles. The van der Waals surface area contributed by atoms with Crippen molar-refractivity contribution in [3.05, 3.63) is 64.6 Å². The minimum atomic E-state index is 0. The summed E-state index contributed by atoms with van der Waals surface area (Å²) in [6.45, 7) is 6.77. The van der Waals surface area contributed by atoms with E-state index in [1.807, 2.05) is 49.0 Å². The fourth-order valence-corrected chi connectivity index (χ4v) is 1.51. The zero-order chi connectivity index (χ0) is 14.4. The van der Waals surface area contributed by atoms with E-state index in [1.54, 1.807) is 24.0 Å². The molecule has 1 aromatic carbocycles. The van der Waals surface area contributed by atoms with Crippen LogP contribution >= 0.6 is 0 Å². The number of aryl methyl sites for hydroxylation is 1. The van der Waals surface area contributed by atoms with Gasteiger partial charge in [-0.2, -0.15) is 5.57 Å². The number of hydrogen-bond donors (Lipinski definition) is 0. The molecule has 0 radical (unpaired) electrons. The molecule has 108 valence electrons. The summed E-state index contributed by atoms with van der Waals surface area (Å²) >= 11 is 0. The summed E-state index contributed by atoms with van der Waals surface area (Å²) < 4.78 is 3.49. The number of benzene rings is 1. The van der Waals surface area contributed by atoms with E-state index in [9.17, 15) is 9.59 Å². The summed E-state index contributed by atoms with van der Waals surface area (Å²) in [6, 6.07) is 11.2. The summed E-state index contributed by atoms with van der Waals surface area (Å²) in [5.74, 6) is 0. The summed E-state index contributed by atoms with van der Waals surface area (Å²) in [7, 11) is 1.88. The Kier molecular flexibility index (Phi) is 8.54. The Morgan fingerprint density at radius 3 is 2.10 bits per heavy atom. The topological polar surface area (TPSA) is 44.0 Å². The van der Waals surface area contributed by atoms with E-state index in [1.165, 1.54) is 0 Å². The van der Waals surface area contributed by atoms with Gasteiger partial charge in [0.2, 0.25) is 0 Å². The normalized spacial score (nSPS) is 8.95. The largest absolute Gasteiger partial charge is 0.419 e. The molecule has 20 heavy (non-hydrogen) atoms. The van der Waals surface area contributed by atoms with Gasteiger partial charge in [-0.25, -0.2) is 11.3 Å². The maximum atomic E-state index is 11.6. The molecule has 4 nitrogen and oxygen atoms in total. The van der Waals surface area contributed by atoms with Crippen LogP contribution in [0.2, 0.25) is 0 Å². The quantitative estimate of drug-likeness (QED) is 0.558. The van der Waals surface area contributed by atoms with Crippen LogP contribution in [0.15, 0.2) is 53.3 Å². The predicted molar refractivity (Wildman–Crippen MR) is 76.3 cm³/mol. The molecule has 0 spiro atoms. The number of carbonyl (C=O) groups excluding carboxylic acids is 1. The summed E-state index contributed by atoms with van der Waals surface area (Å²) in [4.78, 5) is 20.9. The average Bonchev–Trinajstić information content (AvgIpc) is 2.65. The van der Waals surface area contributed by atoms with Crippen LogP contribution in [0.4, 0.5) is 0 Å².